The Morgan fingerprint density at radius 3 is 0.0526 bits per heavy atom. The molecule has 0 fully saturated rings. The third-order valence-corrected chi connectivity index (χ3v) is 0. The van der Waals surface area contributed by atoms with Crippen molar-refractivity contribution in [3.05, 3.63) is 0 Å². The van der Waals surface area contributed by atoms with Gasteiger partial charge in [0.1, 0.15) is 0 Å². The van der Waals surface area contributed by atoms with Gasteiger partial charge in [-0.2, -0.15) is 0 Å². The molecule has 195 radical (unpaired) electrons. The van der Waals surface area contributed by atoms with Crippen LogP contribution in [0.2, 0.25) is 0 Å². The molecule has 0 amide bonds. The van der Waals surface area contributed by atoms with E-state index in [9.17, 15) is 0 Å². The van der Waals surface area contributed by atoms with Crippen molar-refractivity contribution in [3.8, 4) is 0 Å². The van der Waals surface area contributed by atoms with Gasteiger partial charge in [0, 0.05) is 631 Å². The summed E-state index contributed by atoms with van der Waals surface area (Å²) in [5, 5.41) is 0. The Kier molecular flexibility index (Phi) is 10100000. The molecule has 0 aromatic rings. The fraction of sp³-hybridized carbons (Fsp3) is 1.00. The summed E-state index contributed by atoms with van der Waals surface area (Å²) in [4.78, 5) is 0. The monoisotopic (exact) mass is 1060 g/mol. The fourth-order valence-electron chi connectivity index (χ4n) is 0. The van der Waals surface area contributed by atoms with Gasteiger partial charge in [0.15, 0.2) is 0 Å². The summed E-state index contributed by atoms with van der Waals surface area (Å²) in [6.45, 7) is 0. The molecule has 0 aliphatic rings. The van der Waals surface area contributed by atoms with E-state index >= 15 is 0 Å². The molecule has 0 aromatic carbocycles. The van der Waals surface area contributed by atoms with Gasteiger partial charge in [-0.3, -0.25) is 0 Å². The van der Waals surface area contributed by atoms with Gasteiger partial charge in [0.2, 0.25) is 0 Å². The minimum Gasteiger partial charge on any atom is -0.0776 e. The maximum atomic E-state index is 0. The third kappa shape index (κ3) is 26200. The zero-order valence-corrected chi connectivity index (χ0v) is 37.5. The first kappa shape index (κ1) is 28300. The molecule has 0 heterocycles. The van der Waals surface area contributed by atoms with E-state index in [1.54, 1.807) is 0 Å². The van der Waals surface area contributed by atoms with E-state index in [4.69, 9.17) is 0 Å². The van der Waals surface area contributed by atoms with Crippen LogP contribution < -0.4 is 0 Å². The first-order chi connectivity index (χ1) is 0. The first-order valence-electron chi connectivity index (χ1n) is 0. The molecule has 0 aliphatic heterocycles. The third-order valence-electron chi connectivity index (χ3n) is 0. The SMILES string of the molecule is C.C.C.C.C.C.C.C.C.C.C.[2HH].[2HH].[2HH].[2HH].[2HH].[2HH].[2HH].[2HH].[2HH].[2HH].[2HH].[2HH].[2HH].[2HH].[2HH].[2HH].[2HH].[2HH].[2HH].[2HH].[2HH].[2HH].[2HH].[2HH].[2HH].[2HH].[2HH].[2HH].[2HH].[2HH].[2HH].[2HH].[2HH].[2HH].[2HH].[2HH].[2HH].[2HH].[2HH].[2HH].[2HH].[2HH].[2HH].[2HH].[2HH].[B].[B].[B].[B].[B].[B].[B].[B].[B].[B].[B].[B].[B].[B].[B].[B].[B].[B].[B].[B].[B].[B].[B].[B].[B].[B].[B].[B].[B].[B].[B].[B].[B].[B].[B].[B].[B].[B].[B].[B].[B].[B].[B].[B].[B].[B].[B].[B].[B].[B].[B].[B].[B].[B].[B].[B].[B].[B].[B].[B].[B].[B].[B].[B].[B].[HH].[HH].[HH].[HH].[HH].[HH].[HH].[HH].[HH].[HH].[HH].[HH].[HH].[HH]. The Labute approximate surface area is 711 Å². The predicted molar refractivity (Wildman–Crippen MR) is 573 cm³/mol. The molecule has 0 saturated carbocycles. The van der Waals surface area contributed by atoms with Gasteiger partial charge in [0.25, 0.3) is 0 Å². The van der Waals surface area contributed by atoms with E-state index in [1.807, 2.05) is 0 Å². The van der Waals surface area contributed by atoms with Crippen LogP contribution in [0, 0.1) is 0 Å². The van der Waals surface area contributed by atoms with Crippen LogP contribution in [-0.2, 0) is 0 Å². The average molecular weight is 1040 g/mol. The first-order valence-corrected chi connectivity index (χ1v) is 0. The summed E-state index contributed by atoms with van der Waals surface area (Å²) in [5.74, 6) is 0. The van der Waals surface area contributed by atoms with Crippen molar-refractivity contribution in [1.29, 1.82) is 0 Å². The van der Waals surface area contributed by atoms with Crippen LogP contribution in [0.15, 0.2) is 0 Å². The molecular weight excluding hydrogens is 835 g/mol. The summed E-state index contributed by atoms with van der Waals surface area (Å²) in [7, 11) is 0. The molecule has 0 aliphatic carbocycles. The Bertz CT molecular complexity index is 179. The van der Waals surface area contributed by atoms with Crippen molar-refractivity contribution in [3.63, 3.8) is 0 Å². The summed E-state index contributed by atoms with van der Waals surface area (Å²) in [6, 6.07) is 0. The van der Waals surface area contributed by atoms with Crippen molar-refractivity contribution in [1.82, 2.24) is 0 Å². The summed E-state index contributed by atoms with van der Waals surface area (Å²) in [6.07, 6.45) is 0. The minimum atomic E-state index is 0. The summed E-state index contributed by atoms with van der Waals surface area (Å²) < 4.78 is 0. The van der Waals surface area contributed by atoms with Gasteiger partial charge < -0.3 is 0 Å². The van der Waals surface area contributed by atoms with Crippen molar-refractivity contribution in [2.24, 2.45) is 0 Å². The normalized spacial score (nSPS) is 0. The van der Waals surface area contributed by atoms with Gasteiger partial charge in [-0.1, -0.05) is 81.7 Å². The molecule has 0 N–H and O–H groups in total. The van der Waals surface area contributed by atoms with E-state index in [2.05, 4.69) is 0 Å². The lowest BCUT2D eigenvalue weighted by Gasteiger charge is -0.0786. The predicted octanol–water partition coefficient (Wildman–Crippen LogP) is -3.24. The van der Waals surface area contributed by atoms with Crippen LogP contribution >= 0.6 is 0 Å². The second-order valence-electron chi connectivity index (χ2n) is 0. The Morgan fingerprint density at radius 1 is 0.0526 bits per heavy atom. The minimum absolute atomic E-state index is 0. The van der Waals surface area contributed by atoms with E-state index in [-0.39, 0.29) is 713 Å². The molecule has 0 nitrogen and oxygen atoms in total. The smallest absolute Gasteiger partial charge is 0 e. The Morgan fingerprint density at radius 2 is 0.0526 bits per heavy atom. The van der Waals surface area contributed by atoms with Crippen LogP contribution in [-0.4, -0.2) is 547 Å². The molecule has 65 heteroatoms. The second-order valence-corrected chi connectivity index (χ2v) is 0. The van der Waals surface area contributed by atoms with E-state index in [0.29, 0.717) is 0 Å². The van der Waals surface area contributed by atoms with Crippen molar-refractivity contribution >= 4 is 547 Å². The van der Waals surface area contributed by atoms with Crippen LogP contribution in [0.25, 0.3) is 0 Å². The molecule has 0 bridgehead atoms. The zero-order valence-electron chi connectivity index (χ0n) is 37.5. The van der Waals surface area contributed by atoms with Gasteiger partial charge in [-0.05, 0) is 0 Å². The molecule has 0 saturated heterocycles. The zero-order chi connectivity index (χ0) is 0. The topological polar surface area (TPSA) is 0 Å². The standard InChI is InChI=1S/11CH4.65B.59H2/h11*1H4;;;;;;;;;;;;;;;;;;;;;;;;;;;;;;;;;;;;;;;;;;;;;;;;;;;;;;;;;;;;;;;;;;59*1H/i;;;;;;;;;;;;;;;;;;;;;;;;;;;;;;;;;;;;;;;;;;;;;;;;;;;;;;;;;;;;;;;;;;;;;;;;;;;;45*1+1;;;;;;;;;;;;;;. The average Bonchev–Trinajstić information content (AvgIpc) is 0. The quantitative estimate of drug-likeness (QED) is 0.225. The molecule has 0 aromatic heterocycles. The summed E-state index contributed by atoms with van der Waals surface area (Å²) >= 11 is 0. The molecule has 0 unspecified atom stereocenters. The number of hydrogen-bond donors (Lipinski definition) is 0. The number of hydrogen-bond acceptors (Lipinski definition) is 0. The van der Waals surface area contributed by atoms with Crippen molar-refractivity contribution in [2.45, 2.75) is 81.7 Å². The van der Waals surface area contributed by atoms with Gasteiger partial charge in [-0.15, -0.1) is 0 Å². The lowest BCUT2D eigenvalue weighted by molar-refractivity contribution is 2.50. The van der Waals surface area contributed by atoms with E-state index < -0.39 is 0 Å². The van der Waals surface area contributed by atoms with E-state index in [1.165, 1.54) is 0 Å². The molecule has 0 rings (SSSR count). The highest BCUT2D eigenvalue weighted by molar-refractivity contribution is 5.82. The number of rotatable bonds is 0. The van der Waals surface area contributed by atoms with E-state index in [0.717, 1.165) is 0 Å². The molecule has 0 atom stereocenters. The lowest BCUT2D eigenvalue weighted by atomic mass is 10.8. The highest BCUT2D eigenvalue weighted by atomic mass is 12.0. The van der Waals surface area contributed by atoms with Crippen LogP contribution in [0.3, 0.4) is 0 Å². The molecule has 76 heavy (non-hydrogen) atoms. The Hall–Kier alpha value is 4.22. The Balaban J connectivity index is 0. The highest BCUT2D eigenvalue weighted by Gasteiger charge is 0.0692. The van der Waals surface area contributed by atoms with Gasteiger partial charge in [-0.25, -0.2) is 0 Å². The van der Waals surface area contributed by atoms with Crippen LogP contribution in [0.4, 0.5) is 0 Å². The molecule has 0 spiro atoms. The lowest BCUT2D eigenvalue weighted by Crippen LogP contribution is -0.382. The molecule has 401 valence electrons. The fourth-order valence-corrected chi connectivity index (χ4v) is 0. The maximum absolute atomic E-state index is 0. The van der Waals surface area contributed by atoms with Crippen molar-refractivity contribution in [2.75, 3.05) is 0 Å². The van der Waals surface area contributed by atoms with Gasteiger partial charge >= 0.3 is 0 Å². The highest BCUT2D eigenvalue weighted by Crippen LogP contribution is 0.156. The van der Waals surface area contributed by atoms with Crippen molar-refractivity contribution < 1.29 is 84.2 Å². The van der Waals surface area contributed by atoms with Crippen LogP contribution in [0.5, 0.6) is 0 Å². The second kappa shape index (κ2) is 27200. The largest absolute Gasteiger partial charge is 0.0776 e. The maximum Gasteiger partial charge on any atom is 0 e. The molecular formula is C11H162B65. The summed E-state index contributed by atoms with van der Waals surface area (Å²) in [5.41, 5.74) is 0. The van der Waals surface area contributed by atoms with Gasteiger partial charge in [0.05, 0.1) is 0 Å². The van der Waals surface area contributed by atoms with Crippen LogP contribution in [0.1, 0.15) is 166 Å².